The normalized spacial score (nSPS) is 9.25. The van der Waals surface area contributed by atoms with E-state index in [4.69, 9.17) is 6.92 Å². The van der Waals surface area contributed by atoms with Crippen molar-refractivity contribution >= 4 is 0 Å². The molecule has 1 aromatic rings. The minimum absolute atomic E-state index is 0.775. The molecule has 1 nitrogen and oxygen atoms in total. The van der Waals surface area contributed by atoms with Crippen LogP contribution in [0.5, 0.6) is 0 Å². The maximum absolute atomic E-state index is 5.42. The molecule has 0 unspecified atom stereocenters. The average molecular weight is 105 g/mol. The highest BCUT2D eigenvalue weighted by Gasteiger charge is 1.82. The molecule has 0 N–H and O–H groups in total. The zero-order valence-corrected chi connectivity index (χ0v) is 4.76. The topological polar surface area (TPSA) is 12.9 Å². The second-order valence-corrected chi connectivity index (χ2v) is 1.73. The summed E-state index contributed by atoms with van der Waals surface area (Å²) in [6, 6.07) is 3.60. The molecule has 0 bridgehead atoms. The van der Waals surface area contributed by atoms with Crippen LogP contribution in [0.3, 0.4) is 0 Å². The third-order valence-corrected chi connectivity index (χ3v) is 0.921. The molecule has 1 aromatic heterocycles. The average Bonchev–Trinajstić information content (AvgIpc) is 1.64. The maximum atomic E-state index is 5.42. The van der Waals surface area contributed by atoms with Crippen molar-refractivity contribution in [2.75, 3.05) is 0 Å². The van der Waals surface area contributed by atoms with Crippen LogP contribution in [-0.2, 0) is 0 Å². The van der Waals surface area contributed by atoms with E-state index in [9.17, 15) is 0 Å². The highest BCUT2D eigenvalue weighted by atomic mass is 14.6. The van der Waals surface area contributed by atoms with Crippen LogP contribution in [0.25, 0.3) is 0 Å². The van der Waals surface area contributed by atoms with Gasteiger partial charge in [-0.25, -0.2) is 0 Å². The molecule has 2 radical (unpaired) electrons. The standard InChI is InChI=1S/C7H7N/c1-6-3-4-8-7(2)5-6/h1,3-5H,2H3. The van der Waals surface area contributed by atoms with E-state index < -0.39 is 0 Å². The molecule has 0 saturated heterocycles. The Morgan fingerprint density at radius 3 is 2.75 bits per heavy atom. The van der Waals surface area contributed by atoms with E-state index in [-0.39, 0.29) is 0 Å². The first kappa shape index (κ1) is 5.29. The van der Waals surface area contributed by atoms with Crippen molar-refractivity contribution in [2.24, 2.45) is 0 Å². The molecule has 0 spiro atoms. The summed E-state index contributed by atoms with van der Waals surface area (Å²) in [6.45, 7) is 7.33. The van der Waals surface area contributed by atoms with Gasteiger partial charge in [-0.1, -0.05) is 0 Å². The number of pyridine rings is 1. The van der Waals surface area contributed by atoms with Gasteiger partial charge in [-0.05, 0) is 31.5 Å². The number of hydrogen-bond acceptors (Lipinski definition) is 1. The monoisotopic (exact) mass is 105 g/mol. The molecular formula is C7H7N. The highest BCUT2D eigenvalue weighted by Crippen LogP contribution is 1.95. The van der Waals surface area contributed by atoms with Gasteiger partial charge in [0.15, 0.2) is 0 Å². The van der Waals surface area contributed by atoms with Crippen LogP contribution in [0.1, 0.15) is 11.3 Å². The van der Waals surface area contributed by atoms with Crippen molar-refractivity contribution in [3.63, 3.8) is 0 Å². The van der Waals surface area contributed by atoms with E-state index in [1.165, 1.54) is 0 Å². The predicted octanol–water partition coefficient (Wildman–Crippen LogP) is 1.45. The Labute approximate surface area is 49.4 Å². The van der Waals surface area contributed by atoms with Gasteiger partial charge in [0.2, 0.25) is 0 Å². The number of aromatic nitrogens is 1. The largest absolute Gasteiger partial charge is 0.262 e. The molecule has 0 aliphatic carbocycles. The Bertz CT molecular complexity index is 164. The van der Waals surface area contributed by atoms with E-state index in [1.54, 1.807) is 12.3 Å². The van der Waals surface area contributed by atoms with Crippen LogP contribution in [0.2, 0.25) is 0 Å². The SMILES string of the molecule is [CH]c1ccnc(C)c1. The van der Waals surface area contributed by atoms with Crippen LogP contribution in [-0.4, -0.2) is 4.98 Å². The number of rotatable bonds is 0. The molecule has 1 rings (SSSR count). The molecule has 0 saturated carbocycles. The number of aryl methyl sites for hydroxylation is 1. The van der Waals surface area contributed by atoms with Gasteiger partial charge in [0.25, 0.3) is 0 Å². The molecule has 0 aromatic carbocycles. The summed E-state index contributed by atoms with van der Waals surface area (Å²) in [4.78, 5) is 3.96. The lowest BCUT2D eigenvalue weighted by Crippen LogP contribution is -1.78. The molecule has 0 atom stereocenters. The molecule has 0 amide bonds. The second-order valence-electron chi connectivity index (χ2n) is 1.73. The highest BCUT2D eigenvalue weighted by molar-refractivity contribution is 5.17. The minimum Gasteiger partial charge on any atom is -0.262 e. The first-order valence-electron chi connectivity index (χ1n) is 2.47. The molecule has 1 heterocycles. The molecule has 0 aliphatic heterocycles. The van der Waals surface area contributed by atoms with Gasteiger partial charge in [-0.3, -0.25) is 4.98 Å². The van der Waals surface area contributed by atoms with Crippen molar-refractivity contribution in [3.05, 3.63) is 36.5 Å². The molecule has 0 fully saturated rings. The van der Waals surface area contributed by atoms with Gasteiger partial charge in [-0.2, -0.15) is 0 Å². The molecular weight excluding hydrogens is 98.1 g/mol. The van der Waals surface area contributed by atoms with Gasteiger partial charge in [0, 0.05) is 11.9 Å². The first-order valence-corrected chi connectivity index (χ1v) is 2.47. The Balaban J connectivity index is 3.08. The van der Waals surface area contributed by atoms with Gasteiger partial charge in [0.1, 0.15) is 0 Å². The van der Waals surface area contributed by atoms with E-state index >= 15 is 0 Å². The lowest BCUT2D eigenvalue weighted by atomic mass is 10.3. The van der Waals surface area contributed by atoms with E-state index in [2.05, 4.69) is 4.98 Å². The molecule has 1 heteroatoms. The second kappa shape index (κ2) is 1.95. The number of hydrogen-bond donors (Lipinski definition) is 0. The van der Waals surface area contributed by atoms with Gasteiger partial charge in [0.05, 0.1) is 0 Å². The summed E-state index contributed by atoms with van der Waals surface area (Å²) in [6.07, 6.45) is 1.70. The predicted molar refractivity (Wildman–Crippen MR) is 32.4 cm³/mol. The fourth-order valence-corrected chi connectivity index (χ4v) is 0.567. The fraction of sp³-hybridized carbons (Fsp3) is 0.143. The van der Waals surface area contributed by atoms with Gasteiger partial charge < -0.3 is 0 Å². The van der Waals surface area contributed by atoms with Crippen LogP contribution in [0.4, 0.5) is 0 Å². The Morgan fingerprint density at radius 2 is 2.38 bits per heavy atom. The Kier molecular flexibility index (Phi) is 1.29. The fourth-order valence-electron chi connectivity index (χ4n) is 0.567. The van der Waals surface area contributed by atoms with Crippen molar-refractivity contribution in [2.45, 2.75) is 6.92 Å². The zero-order chi connectivity index (χ0) is 5.98. The summed E-state index contributed by atoms with van der Waals surface area (Å²) >= 11 is 0. The zero-order valence-electron chi connectivity index (χ0n) is 4.76. The van der Waals surface area contributed by atoms with E-state index in [0.29, 0.717) is 0 Å². The summed E-state index contributed by atoms with van der Waals surface area (Å²) in [5.74, 6) is 0. The third-order valence-electron chi connectivity index (χ3n) is 0.921. The molecule has 40 valence electrons. The molecule has 0 aliphatic rings. The lowest BCUT2D eigenvalue weighted by molar-refractivity contribution is 1.19. The quantitative estimate of drug-likeness (QED) is 0.486. The summed E-state index contributed by atoms with van der Waals surface area (Å²) in [5, 5.41) is 0. The van der Waals surface area contributed by atoms with Crippen LogP contribution in [0.15, 0.2) is 18.3 Å². The summed E-state index contributed by atoms with van der Waals surface area (Å²) in [5.41, 5.74) is 1.74. The third kappa shape index (κ3) is 1.06. The smallest absolute Gasteiger partial charge is 0.0375 e. The first-order chi connectivity index (χ1) is 3.79. The maximum Gasteiger partial charge on any atom is 0.0375 e. The minimum atomic E-state index is 0.775. The Morgan fingerprint density at radius 1 is 1.62 bits per heavy atom. The Hall–Kier alpha value is -0.850. The number of nitrogens with zero attached hydrogens (tertiary/aromatic N) is 1. The van der Waals surface area contributed by atoms with Gasteiger partial charge in [-0.15, -0.1) is 0 Å². The molecule has 8 heavy (non-hydrogen) atoms. The lowest BCUT2D eigenvalue weighted by Gasteiger charge is -1.89. The van der Waals surface area contributed by atoms with E-state index in [1.807, 2.05) is 13.0 Å². The van der Waals surface area contributed by atoms with Crippen molar-refractivity contribution in [3.8, 4) is 0 Å². The van der Waals surface area contributed by atoms with Crippen LogP contribution < -0.4 is 0 Å². The van der Waals surface area contributed by atoms with Crippen molar-refractivity contribution in [1.82, 2.24) is 4.98 Å². The van der Waals surface area contributed by atoms with Crippen molar-refractivity contribution < 1.29 is 0 Å². The van der Waals surface area contributed by atoms with Crippen LogP contribution in [0, 0.1) is 13.8 Å². The summed E-state index contributed by atoms with van der Waals surface area (Å²) < 4.78 is 0. The van der Waals surface area contributed by atoms with E-state index in [0.717, 1.165) is 11.3 Å². The van der Waals surface area contributed by atoms with Crippen LogP contribution >= 0.6 is 0 Å². The summed E-state index contributed by atoms with van der Waals surface area (Å²) in [7, 11) is 0. The van der Waals surface area contributed by atoms with Gasteiger partial charge >= 0.3 is 0 Å². The van der Waals surface area contributed by atoms with Crippen molar-refractivity contribution in [1.29, 1.82) is 0 Å².